The van der Waals surface area contributed by atoms with Gasteiger partial charge in [0.1, 0.15) is 0 Å². The number of rotatable bonds is 3. The summed E-state index contributed by atoms with van der Waals surface area (Å²) in [5.74, 6) is 0.148. The molecule has 17 heavy (non-hydrogen) atoms. The van der Waals surface area contributed by atoms with Crippen LogP contribution in [0.4, 0.5) is 0 Å². The van der Waals surface area contributed by atoms with Gasteiger partial charge in [-0.05, 0) is 48.1 Å². The maximum absolute atomic E-state index is 11.1. The first-order chi connectivity index (χ1) is 7.84. The Morgan fingerprint density at radius 2 is 1.82 bits per heavy atom. The van der Waals surface area contributed by atoms with Crippen LogP contribution in [0.5, 0.6) is 0 Å². The lowest BCUT2D eigenvalue weighted by atomic mass is 9.34. The van der Waals surface area contributed by atoms with Gasteiger partial charge in [-0.15, -0.1) is 0 Å². The summed E-state index contributed by atoms with van der Waals surface area (Å²) in [5, 5.41) is 0. The van der Waals surface area contributed by atoms with E-state index in [1.165, 1.54) is 11.1 Å². The molecule has 3 aliphatic rings. The number of benzene rings is 1. The molecule has 2 bridgehead atoms. The van der Waals surface area contributed by atoms with Crippen molar-refractivity contribution in [2.24, 2.45) is 5.41 Å². The number of hydrogen-bond acceptors (Lipinski definition) is 2. The lowest BCUT2D eigenvalue weighted by Gasteiger charge is -2.71. The molecular formula is C13H15ClO2S. The zero-order valence-corrected chi connectivity index (χ0v) is 11.3. The average Bonchev–Trinajstić information content (AvgIpc) is 2.09. The molecule has 0 aliphatic heterocycles. The minimum atomic E-state index is -3.35. The Labute approximate surface area is 106 Å². The summed E-state index contributed by atoms with van der Waals surface area (Å²) in [6.45, 7) is 2.13. The van der Waals surface area contributed by atoms with Crippen LogP contribution in [0.1, 0.15) is 30.4 Å². The van der Waals surface area contributed by atoms with Crippen LogP contribution >= 0.6 is 10.7 Å². The Morgan fingerprint density at radius 1 is 1.24 bits per heavy atom. The van der Waals surface area contributed by atoms with Gasteiger partial charge in [0, 0.05) is 10.7 Å². The molecule has 0 spiro atoms. The molecule has 4 heteroatoms. The van der Waals surface area contributed by atoms with E-state index in [1.807, 2.05) is 6.07 Å². The SMILES string of the molecule is Cc1ccccc1C12CC(CS(=O)(=O)Cl)(C1)C2. The fourth-order valence-electron chi connectivity index (χ4n) is 3.97. The van der Waals surface area contributed by atoms with Crippen molar-refractivity contribution < 1.29 is 8.42 Å². The van der Waals surface area contributed by atoms with E-state index >= 15 is 0 Å². The van der Waals surface area contributed by atoms with Gasteiger partial charge in [-0.25, -0.2) is 8.42 Å². The highest BCUT2D eigenvalue weighted by atomic mass is 35.7. The fourth-order valence-corrected chi connectivity index (χ4v) is 5.70. The quantitative estimate of drug-likeness (QED) is 0.792. The van der Waals surface area contributed by atoms with Crippen LogP contribution in [0.3, 0.4) is 0 Å². The summed E-state index contributed by atoms with van der Waals surface area (Å²) in [5.41, 5.74) is 2.96. The molecule has 3 fully saturated rings. The minimum Gasteiger partial charge on any atom is -0.212 e. The molecule has 3 saturated carbocycles. The van der Waals surface area contributed by atoms with Crippen molar-refractivity contribution in [3.63, 3.8) is 0 Å². The molecule has 0 saturated heterocycles. The van der Waals surface area contributed by atoms with Crippen LogP contribution in [-0.2, 0) is 14.5 Å². The summed E-state index contributed by atoms with van der Waals surface area (Å²) >= 11 is 0. The Balaban J connectivity index is 1.79. The first-order valence-electron chi connectivity index (χ1n) is 5.83. The van der Waals surface area contributed by atoms with Gasteiger partial charge >= 0.3 is 0 Å². The highest BCUT2D eigenvalue weighted by Crippen LogP contribution is 2.74. The zero-order valence-electron chi connectivity index (χ0n) is 9.74. The smallest absolute Gasteiger partial charge is 0.212 e. The number of hydrogen-bond donors (Lipinski definition) is 0. The Bertz CT molecular complexity index is 557. The molecule has 1 aromatic rings. The van der Waals surface area contributed by atoms with Crippen molar-refractivity contribution in [3.8, 4) is 0 Å². The predicted octanol–water partition coefficient (Wildman–Crippen LogP) is 2.99. The molecule has 4 rings (SSSR count). The average molecular weight is 271 g/mol. The number of halogens is 1. The van der Waals surface area contributed by atoms with E-state index in [-0.39, 0.29) is 16.6 Å². The molecule has 0 unspecified atom stereocenters. The Kier molecular flexibility index (Phi) is 2.22. The molecular weight excluding hydrogens is 256 g/mol. The van der Waals surface area contributed by atoms with Crippen molar-refractivity contribution in [1.82, 2.24) is 0 Å². The van der Waals surface area contributed by atoms with Gasteiger partial charge < -0.3 is 0 Å². The zero-order chi connectivity index (χ0) is 12.3. The first-order valence-corrected chi connectivity index (χ1v) is 8.31. The second-order valence-corrected chi connectivity index (χ2v) is 8.59. The third kappa shape index (κ3) is 1.71. The molecule has 92 valence electrons. The minimum absolute atomic E-state index is 0.0110. The molecule has 0 heterocycles. The van der Waals surface area contributed by atoms with Gasteiger partial charge in [0.05, 0.1) is 5.75 Å². The van der Waals surface area contributed by atoms with Crippen molar-refractivity contribution in [2.75, 3.05) is 5.75 Å². The van der Waals surface area contributed by atoms with Gasteiger partial charge in [0.25, 0.3) is 0 Å². The third-order valence-corrected chi connectivity index (χ3v) is 5.62. The van der Waals surface area contributed by atoms with Gasteiger partial charge in [0.15, 0.2) is 0 Å². The second-order valence-electron chi connectivity index (χ2n) is 5.81. The van der Waals surface area contributed by atoms with Crippen LogP contribution in [0.25, 0.3) is 0 Å². The van der Waals surface area contributed by atoms with Gasteiger partial charge in [-0.1, -0.05) is 24.3 Å². The van der Waals surface area contributed by atoms with E-state index in [0.717, 1.165) is 19.3 Å². The molecule has 2 nitrogen and oxygen atoms in total. The standard InChI is InChI=1S/C13H15ClO2S/c1-10-4-2-3-5-11(10)13-6-12(7-13,8-13)9-17(14,15)16/h2-5H,6-9H2,1H3. The normalized spacial score (nSPS) is 34.9. The first kappa shape index (κ1) is 11.5. The molecule has 1 aromatic carbocycles. The van der Waals surface area contributed by atoms with E-state index in [1.54, 1.807) is 0 Å². The number of aryl methyl sites for hydroxylation is 1. The Morgan fingerprint density at radius 3 is 2.35 bits per heavy atom. The summed E-state index contributed by atoms with van der Waals surface area (Å²) in [6.07, 6.45) is 2.95. The fraction of sp³-hybridized carbons (Fsp3) is 0.538. The summed E-state index contributed by atoms with van der Waals surface area (Å²) in [6, 6.07) is 8.41. The molecule has 0 atom stereocenters. The van der Waals surface area contributed by atoms with Crippen molar-refractivity contribution in [3.05, 3.63) is 35.4 Å². The van der Waals surface area contributed by atoms with Crippen LogP contribution in [-0.4, -0.2) is 14.2 Å². The summed E-state index contributed by atoms with van der Waals surface area (Å²) in [4.78, 5) is 0. The van der Waals surface area contributed by atoms with E-state index in [0.29, 0.717) is 0 Å². The van der Waals surface area contributed by atoms with Crippen molar-refractivity contribution in [1.29, 1.82) is 0 Å². The summed E-state index contributed by atoms with van der Waals surface area (Å²) < 4.78 is 22.3. The van der Waals surface area contributed by atoms with E-state index in [2.05, 4.69) is 25.1 Å². The van der Waals surface area contributed by atoms with Crippen LogP contribution in [0.2, 0.25) is 0 Å². The Hall–Kier alpha value is -0.540. The topological polar surface area (TPSA) is 34.1 Å². The van der Waals surface area contributed by atoms with E-state index < -0.39 is 9.05 Å². The molecule has 0 amide bonds. The van der Waals surface area contributed by atoms with Gasteiger partial charge in [-0.2, -0.15) is 0 Å². The van der Waals surface area contributed by atoms with Crippen molar-refractivity contribution >= 4 is 19.7 Å². The molecule has 3 aliphatic carbocycles. The van der Waals surface area contributed by atoms with Gasteiger partial charge in [-0.3, -0.25) is 0 Å². The second kappa shape index (κ2) is 3.27. The largest absolute Gasteiger partial charge is 0.233 e. The third-order valence-electron chi connectivity index (χ3n) is 4.34. The monoisotopic (exact) mass is 270 g/mol. The maximum Gasteiger partial charge on any atom is 0.233 e. The lowest BCUT2D eigenvalue weighted by Crippen LogP contribution is -2.66. The summed E-state index contributed by atoms with van der Waals surface area (Å²) in [7, 11) is 2.00. The van der Waals surface area contributed by atoms with Crippen molar-refractivity contribution in [2.45, 2.75) is 31.6 Å². The van der Waals surface area contributed by atoms with Crippen LogP contribution < -0.4 is 0 Å². The van der Waals surface area contributed by atoms with Crippen LogP contribution in [0, 0.1) is 12.3 Å². The highest BCUT2D eigenvalue weighted by Gasteiger charge is 2.69. The molecule has 0 N–H and O–H groups in total. The highest BCUT2D eigenvalue weighted by molar-refractivity contribution is 8.13. The van der Waals surface area contributed by atoms with E-state index in [4.69, 9.17) is 10.7 Å². The molecule has 0 radical (unpaired) electrons. The molecule has 0 aromatic heterocycles. The van der Waals surface area contributed by atoms with E-state index in [9.17, 15) is 8.42 Å². The van der Waals surface area contributed by atoms with Crippen LogP contribution in [0.15, 0.2) is 24.3 Å². The predicted molar refractivity (Wildman–Crippen MR) is 68.8 cm³/mol. The van der Waals surface area contributed by atoms with Gasteiger partial charge in [0.2, 0.25) is 9.05 Å². The lowest BCUT2D eigenvalue weighted by molar-refractivity contribution is -0.122. The maximum atomic E-state index is 11.1.